The lowest BCUT2D eigenvalue weighted by atomic mass is 10.3. The summed E-state index contributed by atoms with van der Waals surface area (Å²) in [7, 11) is 2.15. The van der Waals surface area contributed by atoms with E-state index in [9.17, 15) is 0 Å². The summed E-state index contributed by atoms with van der Waals surface area (Å²) in [6.45, 7) is 6.25. The van der Waals surface area contributed by atoms with Crippen molar-refractivity contribution in [1.29, 1.82) is 0 Å². The summed E-state index contributed by atoms with van der Waals surface area (Å²) in [4.78, 5) is 9.15. The first kappa shape index (κ1) is 10.2. The number of likely N-dealkylation sites (N-methyl/N-ethyl adjacent to an activating group) is 1. The van der Waals surface area contributed by atoms with Crippen LogP contribution >= 0.6 is 0 Å². The third-order valence-corrected chi connectivity index (χ3v) is 2.94. The van der Waals surface area contributed by atoms with Crippen LogP contribution < -0.4 is 10.6 Å². The molecule has 4 heteroatoms. The molecule has 82 valence electrons. The fourth-order valence-corrected chi connectivity index (χ4v) is 1.77. The van der Waals surface area contributed by atoms with Crippen molar-refractivity contribution in [2.24, 2.45) is 0 Å². The Morgan fingerprint density at radius 1 is 1.20 bits per heavy atom. The highest BCUT2D eigenvalue weighted by atomic mass is 15.3. The van der Waals surface area contributed by atoms with Gasteiger partial charge < -0.3 is 15.5 Å². The van der Waals surface area contributed by atoms with Crippen molar-refractivity contribution in [3.63, 3.8) is 0 Å². The molecule has 1 aliphatic heterocycles. The molecule has 0 spiro atoms. The van der Waals surface area contributed by atoms with Crippen LogP contribution in [0.15, 0.2) is 12.1 Å². The van der Waals surface area contributed by atoms with Gasteiger partial charge in [0.05, 0.1) is 11.4 Å². The van der Waals surface area contributed by atoms with Crippen LogP contribution in [0.4, 0.5) is 11.5 Å². The molecule has 0 unspecified atom stereocenters. The van der Waals surface area contributed by atoms with Crippen molar-refractivity contribution in [3.8, 4) is 0 Å². The summed E-state index contributed by atoms with van der Waals surface area (Å²) in [6, 6.07) is 3.95. The van der Waals surface area contributed by atoms with E-state index < -0.39 is 0 Å². The maximum absolute atomic E-state index is 5.75. The minimum atomic E-state index is 0.771. The van der Waals surface area contributed by atoms with Gasteiger partial charge in [-0.15, -0.1) is 0 Å². The zero-order chi connectivity index (χ0) is 10.8. The molecule has 0 aromatic carbocycles. The summed E-state index contributed by atoms with van der Waals surface area (Å²) < 4.78 is 0. The number of anilines is 2. The molecule has 0 aliphatic carbocycles. The number of piperazine rings is 1. The topological polar surface area (TPSA) is 45.4 Å². The monoisotopic (exact) mass is 206 g/mol. The van der Waals surface area contributed by atoms with E-state index in [1.54, 1.807) is 0 Å². The highest BCUT2D eigenvalue weighted by Gasteiger charge is 2.15. The van der Waals surface area contributed by atoms with Crippen LogP contribution in [-0.2, 0) is 0 Å². The molecule has 1 aromatic heterocycles. The average molecular weight is 206 g/mol. The molecule has 2 N–H and O–H groups in total. The molecule has 0 bridgehead atoms. The minimum absolute atomic E-state index is 0.771. The maximum Gasteiger partial charge on any atom is 0.129 e. The Bertz CT molecular complexity index is 342. The van der Waals surface area contributed by atoms with Gasteiger partial charge in [0.2, 0.25) is 0 Å². The van der Waals surface area contributed by atoms with Gasteiger partial charge in [0.25, 0.3) is 0 Å². The van der Waals surface area contributed by atoms with Crippen molar-refractivity contribution in [2.45, 2.75) is 6.92 Å². The standard InChI is InChI=1S/C11H18N4/c1-9-10(12)3-4-11(13-9)15-7-5-14(2)6-8-15/h3-4H,5-8,12H2,1-2H3. The number of nitrogen functional groups attached to an aromatic ring is 1. The van der Waals surface area contributed by atoms with Gasteiger partial charge in [-0.1, -0.05) is 0 Å². The summed E-state index contributed by atoms with van der Waals surface area (Å²) in [6.07, 6.45) is 0. The van der Waals surface area contributed by atoms with E-state index >= 15 is 0 Å². The lowest BCUT2D eigenvalue weighted by Crippen LogP contribution is -2.44. The normalized spacial score (nSPS) is 18.1. The fraction of sp³-hybridized carbons (Fsp3) is 0.545. The zero-order valence-corrected chi connectivity index (χ0v) is 9.40. The number of hydrogen-bond acceptors (Lipinski definition) is 4. The van der Waals surface area contributed by atoms with Crippen LogP contribution in [-0.4, -0.2) is 43.1 Å². The second-order valence-corrected chi connectivity index (χ2v) is 4.13. The average Bonchev–Trinajstić information content (AvgIpc) is 2.23. The number of aryl methyl sites for hydroxylation is 1. The highest BCUT2D eigenvalue weighted by molar-refractivity contribution is 5.50. The fourth-order valence-electron chi connectivity index (χ4n) is 1.77. The van der Waals surface area contributed by atoms with Gasteiger partial charge in [-0.05, 0) is 26.1 Å². The van der Waals surface area contributed by atoms with Crippen molar-refractivity contribution in [3.05, 3.63) is 17.8 Å². The molecule has 0 saturated carbocycles. The highest BCUT2D eigenvalue weighted by Crippen LogP contribution is 2.17. The van der Waals surface area contributed by atoms with Crippen LogP contribution in [0.2, 0.25) is 0 Å². The van der Waals surface area contributed by atoms with E-state index in [0.717, 1.165) is 43.4 Å². The zero-order valence-electron chi connectivity index (χ0n) is 9.40. The molecule has 4 nitrogen and oxygen atoms in total. The van der Waals surface area contributed by atoms with Crippen LogP contribution in [0.25, 0.3) is 0 Å². The van der Waals surface area contributed by atoms with Crippen molar-refractivity contribution < 1.29 is 0 Å². The Kier molecular flexibility index (Phi) is 2.77. The van der Waals surface area contributed by atoms with Crippen LogP contribution in [0.1, 0.15) is 5.69 Å². The first-order chi connectivity index (χ1) is 7.16. The van der Waals surface area contributed by atoms with E-state index in [0.29, 0.717) is 0 Å². The van der Waals surface area contributed by atoms with Gasteiger partial charge >= 0.3 is 0 Å². The number of hydrogen-bond donors (Lipinski definition) is 1. The second-order valence-electron chi connectivity index (χ2n) is 4.13. The Morgan fingerprint density at radius 3 is 2.47 bits per heavy atom. The quantitative estimate of drug-likeness (QED) is 0.735. The Hall–Kier alpha value is -1.29. The van der Waals surface area contributed by atoms with Crippen LogP contribution in [0.5, 0.6) is 0 Å². The molecule has 1 aromatic rings. The summed E-state index contributed by atoms with van der Waals surface area (Å²) >= 11 is 0. The Morgan fingerprint density at radius 2 is 1.87 bits per heavy atom. The SMILES string of the molecule is Cc1nc(N2CCN(C)CC2)ccc1N. The number of rotatable bonds is 1. The van der Waals surface area contributed by atoms with E-state index in [-0.39, 0.29) is 0 Å². The van der Waals surface area contributed by atoms with Crippen molar-refractivity contribution in [2.75, 3.05) is 43.9 Å². The van der Waals surface area contributed by atoms with E-state index in [1.807, 2.05) is 19.1 Å². The third kappa shape index (κ3) is 2.21. The van der Waals surface area contributed by atoms with Crippen molar-refractivity contribution in [1.82, 2.24) is 9.88 Å². The summed E-state index contributed by atoms with van der Waals surface area (Å²) in [5.41, 5.74) is 7.44. The first-order valence-corrected chi connectivity index (χ1v) is 5.33. The van der Waals surface area contributed by atoms with Crippen LogP contribution in [0.3, 0.4) is 0 Å². The molecule has 1 fully saturated rings. The van der Waals surface area contributed by atoms with E-state index in [2.05, 4.69) is 21.8 Å². The molecule has 0 atom stereocenters. The predicted octanol–water partition coefficient (Wildman–Crippen LogP) is 0.724. The van der Waals surface area contributed by atoms with Gasteiger partial charge in [-0.2, -0.15) is 0 Å². The summed E-state index contributed by atoms with van der Waals surface area (Å²) in [5, 5.41) is 0. The molecule has 15 heavy (non-hydrogen) atoms. The van der Waals surface area contributed by atoms with Gasteiger partial charge in [0.15, 0.2) is 0 Å². The van der Waals surface area contributed by atoms with Gasteiger partial charge in [0.1, 0.15) is 5.82 Å². The molecular formula is C11H18N4. The number of pyridine rings is 1. The number of nitrogens with zero attached hydrogens (tertiary/aromatic N) is 3. The lowest BCUT2D eigenvalue weighted by Gasteiger charge is -2.33. The van der Waals surface area contributed by atoms with E-state index in [4.69, 9.17) is 5.73 Å². The number of aromatic nitrogens is 1. The molecule has 0 radical (unpaired) electrons. The molecule has 2 heterocycles. The maximum atomic E-state index is 5.75. The number of nitrogens with two attached hydrogens (primary N) is 1. The Balaban J connectivity index is 2.12. The molecular weight excluding hydrogens is 188 g/mol. The smallest absolute Gasteiger partial charge is 0.129 e. The van der Waals surface area contributed by atoms with Gasteiger partial charge in [0, 0.05) is 26.2 Å². The van der Waals surface area contributed by atoms with Gasteiger partial charge in [-0.25, -0.2) is 4.98 Å². The second kappa shape index (κ2) is 4.06. The molecule has 1 saturated heterocycles. The minimum Gasteiger partial charge on any atom is -0.397 e. The van der Waals surface area contributed by atoms with Crippen LogP contribution in [0, 0.1) is 6.92 Å². The lowest BCUT2D eigenvalue weighted by molar-refractivity contribution is 0.312. The van der Waals surface area contributed by atoms with Gasteiger partial charge in [-0.3, -0.25) is 0 Å². The molecule has 2 rings (SSSR count). The first-order valence-electron chi connectivity index (χ1n) is 5.33. The third-order valence-electron chi connectivity index (χ3n) is 2.94. The predicted molar refractivity (Wildman–Crippen MR) is 63.1 cm³/mol. The Labute approximate surface area is 90.7 Å². The summed E-state index contributed by atoms with van der Waals surface area (Å²) in [5.74, 6) is 1.05. The molecule has 1 aliphatic rings. The van der Waals surface area contributed by atoms with Crippen molar-refractivity contribution >= 4 is 11.5 Å². The molecule has 0 amide bonds. The van der Waals surface area contributed by atoms with E-state index in [1.165, 1.54) is 0 Å². The largest absolute Gasteiger partial charge is 0.397 e.